The Morgan fingerprint density at radius 3 is 1.61 bits per heavy atom. The summed E-state index contributed by atoms with van der Waals surface area (Å²) >= 11 is 0. The first-order valence-corrected chi connectivity index (χ1v) is 18.3. The third kappa shape index (κ3) is 14.5. The zero-order valence-corrected chi connectivity index (χ0v) is 19.3. The third-order valence-electron chi connectivity index (χ3n) is 2.19. The van der Waals surface area contributed by atoms with Crippen LogP contribution in [0.15, 0.2) is 24.2 Å². The van der Waals surface area contributed by atoms with Crippen LogP contribution in [0.5, 0.6) is 0 Å². The fraction of sp³-hybridized carbons (Fsp3) is 0.688. The van der Waals surface area contributed by atoms with Crippen LogP contribution in [0, 0.1) is 0 Å². The minimum Gasteiger partial charge on any atom is -0.547 e. The maximum absolute atomic E-state index is 11.9. The molecule has 0 rings (SSSR count). The van der Waals surface area contributed by atoms with Crippen molar-refractivity contribution < 1.29 is 18.1 Å². The molecule has 0 aliphatic heterocycles. The zero-order valence-electron chi connectivity index (χ0n) is 16.3. The largest absolute Gasteiger partial charge is 0.547 e. The van der Waals surface area contributed by atoms with Gasteiger partial charge in [-0.05, 0) is 58.9 Å². The van der Waals surface area contributed by atoms with Gasteiger partial charge in [-0.25, -0.2) is 0 Å². The van der Waals surface area contributed by atoms with Gasteiger partial charge in [-0.15, -0.1) is 0 Å². The van der Waals surface area contributed by atoms with Gasteiger partial charge in [-0.1, -0.05) is 6.58 Å². The Balaban J connectivity index is 4.89. The van der Waals surface area contributed by atoms with E-state index in [2.05, 4.69) is 45.9 Å². The molecule has 0 bridgehead atoms. The minimum atomic E-state index is -1.84. The van der Waals surface area contributed by atoms with Crippen molar-refractivity contribution in [3.63, 3.8) is 0 Å². The van der Waals surface area contributed by atoms with E-state index in [0.29, 0.717) is 18.6 Å². The predicted molar refractivity (Wildman–Crippen MR) is 105 cm³/mol. The lowest BCUT2D eigenvalue weighted by Gasteiger charge is -2.24. The Hall–Kier alpha value is -0.799. The summed E-state index contributed by atoms with van der Waals surface area (Å²) in [5.74, 6) is 1.21. The maximum Gasteiger partial charge on any atom is 0.292 e. The summed E-state index contributed by atoms with van der Waals surface area (Å²) in [6.07, 6.45) is 2.67. The molecule has 0 aromatic heterocycles. The molecule has 0 amide bonds. The van der Waals surface area contributed by atoms with Crippen LogP contribution in [-0.4, -0.2) is 30.9 Å². The van der Waals surface area contributed by atoms with Gasteiger partial charge in [-0.3, -0.25) is 4.79 Å². The molecule has 0 aliphatic carbocycles. The molecule has 4 nitrogen and oxygen atoms in total. The molecule has 7 heteroatoms. The highest BCUT2D eigenvalue weighted by Gasteiger charge is 2.23. The summed E-state index contributed by atoms with van der Waals surface area (Å²) in [5.41, 5.74) is 0. The van der Waals surface area contributed by atoms with E-state index in [1.807, 2.05) is 25.7 Å². The van der Waals surface area contributed by atoms with Crippen LogP contribution in [0.2, 0.25) is 58.9 Å². The minimum absolute atomic E-state index is 0.161. The van der Waals surface area contributed by atoms with Gasteiger partial charge in [0.05, 0.1) is 17.9 Å². The van der Waals surface area contributed by atoms with Crippen LogP contribution >= 0.6 is 0 Å². The average molecular weight is 375 g/mol. The molecule has 0 aromatic carbocycles. The van der Waals surface area contributed by atoms with Crippen molar-refractivity contribution in [2.24, 2.45) is 0 Å². The number of hydrogen-bond acceptors (Lipinski definition) is 4. The Labute approximate surface area is 145 Å². The highest BCUT2D eigenvalue weighted by Crippen LogP contribution is 2.20. The van der Waals surface area contributed by atoms with E-state index in [9.17, 15) is 4.79 Å². The van der Waals surface area contributed by atoms with Crippen molar-refractivity contribution in [1.29, 1.82) is 0 Å². The second-order valence-electron chi connectivity index (χ2n) is 8.59. The molecule has 0 fully saturated rings. The summed E-state index contributed by atoms with van der Waals surface area (Å²) in [7, 11) is -5.30. The summed E-state index contributed by atoms with van der Waals surface area (Å²) in [6, 6.07) is 0. The van der Waals surface area contributed by atoms with Crippen molar-refractivity contribution in [2.75, 3.05) is 0 Å². The van der Waals surface area contributed by atoms with Crippen LogP contribution in [0.1, 0.15) is 12.8 Å². The van der Waals surface area contributed by atoms with Crippen molar-refractivity contribution in [3.05, 3.63) is 24.2 Å². The normalized spacial score (nSPS) is 13.5. The molecule has 0 spiro atoms. The van der Waals surface area contributed by atoms with Crippen molar-refractivity contribution in [3.8, 4) is 0 Å². The van der Waals surface area contributed by atoms with Gasteiger partial charge in [0.2, 0.25) is 25.0 Å². The topological polar surface area (TPSA) is 44.8 Å². The fourth-order valence-corrected chi connectivity index (χ4v) is 4.34. The molecule has 23 heavy (non-hydrogen) atoms. The number of carbonyl (C=O) groups excluding carboxylic acids is 1. The molecule has 0 aliphatic rings. The fourth-order valence-electron chi connectivity index (χ4n) is 1.77. The Morgan fingerprint density at radius 2 is 1.22 bits per heavy atom. The molecule has 0 aromatic rings. The SMILES string of the molecule is C=C(/C=C(/CCC(=O)O[Si](C)(C)C)O[Si](C)(C)C)O[Si](C)(C)C. The number of allylic oxidation sites excluding steroid dienone is 2. The van der Waals surface area contributed by atoms with E-state index < -0.39 is 25.0 Å². The van der Waals surface area contributed by atoms with Gasteiger partial charge < -0.3 is 13.3 Å². The molecular weight excluding hydrogens is 340 g/mol. The predicted octanol–water partition coefficient (Wildman–Crippen LogP) is 5.25. The van der Waals surface area contributed by atoms with E-state index in [1.165, 1.54) is 0 Å². The summed E-state index contributed by atoms with van der Waals surface area (Å²) < 4.78 is 17.4. The van der Waals surface area contributed by atoms with Crippen LogP contribution in [0.4, 0.5) is 0 Å². The van der Waals surface area contributed by atoms with E-state index in [4.69, 9.17) is 13.3 Å². The van der Waals surface area contributed by atoms with Crippen molar-refractivity contribution in [1.82, 2.24) is 0 Å². The molecular formula is C16H34O4Si3. The quantitative estimate of drug-likeness (QED) is 0.314. The van der Waals surface area contributed by atoms with Crippen molar-refractivity contribution >= 4 is 30.9 Å². The summed E-state index contributed by atoms with van der Waals surface area (Å²) in [5, 5.41) is 0. The zero-order chi connectivity index (χ0) is 18.5. The monoisotopic (exact) mass is 374 g/mol. The van der Waals surface area contributed by atoms with Crippen LogP contribution < -0.4 is 0 Å². The van der Waals surface area contributed by atoms with E-state index in [-0.39, 0.29) is 5.97 Å². The molecule has 0 heterocycles. The lowest BCUT2D eigenvalue weighted by atomic mass is 10.2. The Kier molecular flexibility index (Phi) is 8.05. The van der Waals surface area contributed by atoms with E-state index in [0.717, 1.165) is 5.76 Å². The third-order valence-corrected chi connectivity index (χ3v) is 4.78. The molecule has 0 saturated heterocycles. The van der Waals surface area contributed by atoms with Crippen LogP contribution in [0.25, 0.3) is 0 Å². The maximum atomic E-state index is 11.9. The molecule has 0 saturated carbocycles. The lowest BCUT2D eigenvalue weighted by molar-refractivity contribution is -0.135. The second-order valence-corrected chi connectivity index (χ2v) is 21.9. The van der Waals surface area contributed by atoms with E-state index in [1.54, 1.807) is 0 Å². The Morgan fingerprint density at radius 1 is 0.783 bits per heavy atom. The number of rotatable bonds is 9. The second kappa shape index (κ2) is 8.34. The van der Waals surface area contributed by atoms with Crippen LogP contribution in [0.3, 0.4) is 0 Å². The van der Waals surface area contributed by atoms with Crippen molar-refractivity contribution in [2.45, 2.75) is 71.8 Å². The number of hydrogen-bond donors (Lipinski definition) is 0. The highest BCUT2D eigenvalue weighted by atomic mass is 28.4. The van der Waals surface area contributed by atoms with Crippen LogP contribution in [-0.2, 0) is 18.1 Å². The summed E-state index contributed by atoms with van der Waals surface area (Å²) in [4.78, 5) is 11.9. The summed E-state index contributed by atoms with van der Waals surface area (Å²) in [6.45, 7) is 22.6. The number of carbonyl (C=O) groups is 1. The van der Waals surface area contributed by atoms with Gasteiger partial charge in [0.1, 0.15) is 0 Å². The molecule has 0 unspecified atom stereocenters. The molecule has 0 atom stereocenters. The van der Waals surface area contributed by atoms with Gasteiger partial charge in [0, 0.05) is 12.5 Å². The first-order chi connectivity index (χ1) is 10.1. The van der Waals surface area contributed by atoms with Gasteiger partial charge in [-0.2, -0.15) is 0 Å². The van der Waals surface area contributed by atoms with E-state index >= 15 is 0 Å². The molecule has 134 valence electrons. The first-order valence-electron chi connectivity index (χ1n) is 8.07. The smallest absolute Gasteiger partial charge is 0.292 e. The highest BCUT2D eigenvalue weighted by molar-refractivity contribution is 6.71. The average Bonchev–Trinajstić information content (AvgIpc) is 2.18. The molecule has 0 radical (unpaired) electrons. The first kappa shape index (κ1) is 22.2. The van der Waals surface area contributed by atoms with Gasteiger partial charge >= 0.3 is 0 Å². The standard InChI is InChI=1S/C16H34O4Si3/c1-14(18-21(2,3)4)13-15(19-22(5,6)7)11-12-16(17)20-23(8,9)10/h13H,1,11-12H2,2-10H3/b15-13-. The van der Waals surface area contributed by atoms with Gasteiger partial charge in [0.25, 0.3) is 5.97 Å². The van der Waals surface area contributed by atoms with Gasteiger partial charge in [0.15, 0.2) is 0 Å². The lowest BCUT2D eigenvalue weighted by Crippen LogP contribution is -2.29. The Bertz CT molecular complexity index is 451. The molecule has 0 N–H and O–H groups in total.